The van der Waals surface area contributed by atoms with Crippen molar-refractivity contribution in [2.45, 2.75) is 5.03 Å². The number of aryl methyl sites for hydroxylation is 1. The van der Waals surface area contributed by atoms with Crippen molar-refractivity contribution in [2.75, 3.05) is 0 Å². The third-order valence-electron chi connectivity index (χ3n) is 2.05. The van der Waals surface area contributed by atoms with Crippen molar-refractivity contribution in [1.29, 1.82) is 0 Å². The van der Waals surface area contributed by atoms with E-state index in [1.807, 2.05) is 6.07 Å². The summed E-state index contributed by atoms with van der Waals surface area (Å²) in [4.78, 5) is 0. The summed E-state index contributed by atoms with van der Waals surface area (Å²) in [6, 6.07) is 8.89. The number of hydrogen-bond acceptors (Lipinski definition) is 4. The van der Waals surface area contributed by atoms with Crippen LogP contribution < -0.4 is 0 Å². The Bertz CT molecular complexity index is 607. The molecule has 0 saturated carbocycles. The first-order chi connectivity index (χ1) is 7.50. The zero-order chi connectivity index (χ0) is 11.8. The average molecular weight is 258 g/mol. The van der Waals surface area contributed by atoms with Crippen molar-refractivity contribution in [1.82, 2.24) is 15.0 Å². The van der Waals surface area contributed by atoms with Gasteiger partial charge < -0.3 is 0 Å². The molecule has 0 saturated heterocycles. The maximum Gasteiger partial charge on any atom is 0.280 e. The van der Waals surface area contributed by atoms with E-state index in [0.29, 0.717) is 5.56 Å². The Hall–Kier alpha value is -1.40. The fourth-order valence-corrected chi connectivity index (χ4v) is 2.66. The molecule has 16 heavy (non-hydrogen) atoms. The van der Waals surface area contributed by atoms with Gasteiger partial charge in [-0.15, -0.1) is 5.10 Å². The van der Waals surface area contributed by atoms with Crippen LogP contribution in [0.5, 0.6) is 0 Å². The van der Waals surface area contributed by atoms with Gasteiger partial charge in [0.2, 0.25) is 0 Å². The van der Waals surface area contributed by atoms with Gasteiger partial charge in [-0.1, -0.05) is 35.5 Å². The first-order valence-electron chi connectivity index (χ1n) is 4.40. The number of halogens is 1. The third-order valence-corrected chi connectivity index (χ3v) is 3.41. The molecular weight excluding hydrogens is 250 g/mol. The largest absolute Gasteiger partial charge is 0.280 e. The molecule has 5 nitrogen and oxygen atoms in total. The normalized spacial score (nSPS) is 11.6. The minimum atomic E-state index is -3.86. The van der Waals surface area contributed by atoms with Crippen LogP contribution >= 0.6 is 10.7 Å². The highest BCUT2D eigenvalue weighted by atomic mass is 35.7. The van der Waals surface area contributed by atoms with Gasteiger partial charge in [-0.2, -0.15) is 0 Å². The van der Waals surface area contributed by atoms with Crippen LogP contribution in [0.15, 0.2) is 35.4 Å². The molecule has 0 spiro atoms. The number of hydrogen-bond donors (Lipinski definition) is 0. The molecule has 1 aromatic heterocycles. The molecule has 0 aliphatic carbocycles. The molecule has 0 bridgehead atoms. The van der Waals surface area contributed by atoms with Crippen molar-refractivity contribution in [2.24, 2.45) is 7.05 Å². The predicted molar refractivity (Wildman–Crippen MR) is 59.5 cm³/mol. The lowest BCUT2D eigenvalue weighted by Gasteiger charge is -1.99. The van der Waals surface area contributed by atoms with E-state index in [0.717, 1.165) is 4.68 Å². The Morgan fingerprint density at radius 2 is 1.88 bits per heavy atom. The Morgan fingerprint density at radius 3 is 2.44 bits per heavy atom. The van der Waals surface area contributed by atoms with Gasteiger partial charge in [0, 0.05) is 23.3 Å². The second-order valence-electron chi connectivity index (χ2n) is 3.17. The van der Waals surface area contributed by atoms with E-state index >= 15 is 0 Å². The summed E-state index contributed by atoms with van der Waals surface area (Å²) in [6.07, 6.45) is 0. The Morgan fingerprint density at radius 1 is 1.25 bits per heavy atom. The summed E-state index contributed by atoms with van der Waals surface area (Å²) in [5, 5.41) is 7.37. The molecular formula is C9H8ClN3O2S. The lowest BCUT2D eigenvalue weighted by molar-refractivity contribution is 0.587. The average Bonchev–Trinajstić information content (AvgIpc) is 2.61. The van der Waals surface area contributed by atoms with E-state index in [-0.39, 0.29) is 10.7 Å². The molecule has 1 aromatic carbocycles. The fourth-order valence-electron chi connectivity index (χ4n) is 1.40. The molecule has 0 N–H and O–H groups in total. The summed E-state index contributed by atoms with van der Waals surface area (Å²) in [5.74, 6) is 0. The second-order valence-corrected chi connectivity index (χ2v) is 5.65. The zero-order valence-corrected chi connectivity index (χ0v) is 9.90. The quantitative estimate of drug-likeness (QED) is 0.763. The minimum absolute atomic E-state index is 0.0969. The van der Waals surface area contributed by atoms with Crippen LogP contribution in [-0.2, 0) is 16.1 Å². The number of nitrogens with zero attached hydrogens (tertiary/aromatic N) is 3. The van der Waals surface area contributed by atoms with Crippen LogP contribution in [0.3, 0.4) is 0 Å². The van der Waals surface area contributed by atoms with Gasteiger partial charge in [0.05, 0.1) is 0 Å². The van der Waals surface area contributed by atoms with Crippen LogP contribution in [-0.4, -0.2) is 23.4 Å². The highest BCUT2D eigenvalue weighted by molar-refractivity contribution is 8.13. The first-order valence-corrected chi connectivity index (χ1v) is 6.71. The SMILES string of the molecule is Cn1nnc(-c2ccccc2)c1S(=O)(=O)Cl. The van der Waals surface area contributed by atoms with Gasteiger partial charge in [-0.25, -0.2) is 13.1 Å². The maximum absolute atomic E-state index is 11.4. The maximum atomic E-state index is 11.4. The van der Waals surface area contributed by atoms with E-state index in [1.54, 1.807) is 24.3 Å². The van der Waals surface area contributed by atoms with Gasteiger partial charge in [-0.05, 0) is 0 Å². The van der Waals surface area contributed by atoms with Gasteiger partial charge in [0.25, 0.3) is 9.05 Å². The summed E-state index contributed by atoms with van der Waals surface area (Å²) in [6.45, 7) is 0. The minimum Gasteiger partial charge on any atom is -0.235 e. The lowest BCUT2D eigenvalue weighted by Crippen LogP contribution is -2.02. The predicted octanol–water partition coefficient (Wildman–Crippen LogP) is 1.41. The highest BCUT2D eigenvalue weighted by Gasteiger charge is 2.23. The van der Waals surface area contributed by atoms with Crippen molar-refractivity contribution in [3.8, 4) is 11.3 Å². The smallest absolute Gasteiger partial charge is 0.235 e. The Balaban J connectivity index is 2.69. The van der Waals surface area contributed by atoms with Crippen LogP contribution in [0.1, 0.15) is 0 Å². The summed E-state index contributed by atoms with van der Waals surface area (Å²) >= 11 is 0. The van der Waals surface area contributed by atoms with E-state index in [1.165, 1.54) is 7.05 Å². The number of aromatic nitrogens is 3. The summed E-state index contributed by atoms with van der Waals surface area (Å²) in [7, 11) is 2.95. The molecule has 2 aromatic rings. The fraction of sp³-hybridized carbons (Fsp3) is 0.111. The van der Waals surface area contributed by atoms with E-state index in [2.05, 4.69) is 10.3 Å². The van der Waals surface area contributed by atoms with Crippen molar-refractivity contribution < 1.29 is 8.42 Å². The molecule has 0 aliphatic heterocycles. The van der Waals surface area contributed by atoms with E-state index < -0.39 is 9.05 Å². The van der Waals surface area contributed by atoms with Crippen LogP contribution in [0, 0.1) is 0 Å². The molecule has 0 unspecified atom stereocenters. The van der Waals surface area contributed by atoms with E-state index in [4.69, 9.17) is 10.7 Å². The molecule has 7 heteroatoms. The summed E-state index contributed by atoms with van der Waals surface area (Å²) < 4.78 is 23.9. The first kappa shape index (κ1) is 11.1. The molecule has 1 heterocycles. The molecule has 0 fully saturated rings. The van der Waals surface area contributed by atoms with Gasteiger partial charge in [0.15, 0.2) is 5.03 Å². The topological polar surface area (TPSA) is 64.8 Å². The monoisotopic (exact) mass is 257 g/mol. The number of benzene rings is 1. The van der Waals surface area contributed by atoms with Crippen molar-refractivity contribution in [3.05, 3.63) is 30.3 Å². The van der Waals surface area contributed by atoms with Gasteiger partial charge in [0.1, 0.15) is 5.69 Å². The second kappa shape index (κ2) is 3.88. The standard InChI is InChI=1S/C9H8ClN3O2S/c1-13-9(16(10,14)15)8(11-12-13)7-5-3-2-4-6-7/h2-6H,1H3. The van der Waals surface area contributed by atoms with Crippen LogP contribution in [0.2, 0.25) is 0 Å². The van der Waals surface area contributed by atoms with Crippen LogP contribution in [0.4, 0.5) is 0 Å². The molecule has 0 radical (unpaired) electrons. The number of rotatable bonds is 2. The summed E-state index contributed by atoms with van der Waals surface area (Å²) in [5.41, 5.74) is 0.924. The molecule has 0 atom stereocenters. The Kier molecular flexibility index (Phi) is 2.69. The van der Waals surface area contributed by atoms with Crippen LogP contribution in [0.25, 0.3) is 11.3 Å². The molecule has 0 amide bonds. The van der Waals surface area contributed by atoms with E-state index in [9.17, 15) is 8.42 Å². The Labute approximate surface area is 97.1 Å². The third kappa shape index (κ3) is 1.94. The highest BCUT2D eigenvalue weighted by Crippen LogP contribution is 2.26. The zero-order valence-electron chi connectivity index (χ0n) is 8.33. The van der Waals surface area contributed by atoms with Gasteiger partial charge in [-0.3, -0.25) is 0 Å². The van der Waals surface area contributed by atoms with Crippen molar-refractivity contribution >= 4 is 19.7 Å². The van der Waals surface area contributed by atoms with Crippen molar-refractivity contribution in [3.63, 3.8) is 0 Å². The molecule has 84 valence electrons. The molecule has 2 rings (SSSR count). The molecule has 0 aliphatic rings. The van der Waals surface area contributed by atoms with Gasteiger partial charge >= 0.3 is 0 Å². The lowest BCUT2D eigenvalue weighted by atomic mass is 10.2.